The summed E-state index contributed by atoms with van der Waals surface area (Å²) in [7, 11) is 1.52. The van der Waals surface area contributed by atoms with E-state index in [0.717, 1.165) is 0 Å². The molecule has 0 aliphatic carbocycles. The summed E-state index contributed by atoms with van der Waals surface area (Å²) in [6, 6.07) is 0. The Labute approximate surface area is 76.8 Å². The van der Waals surface area contributed by atoms with Crippen LogP contribution >= 0.6 is 0 Å². The lowest BCUT2D eigenvalue weighted by Gasteiger charge is -2.32. The normalized spacial score (nSPS) is 34.5. The van der Waals surface area contributed by atoms with Gasteiger partial charge in [0.2, 0.25) is 5.91 Å². The van der Waals surface area contributed by atoms with Crippen LogP contribution in [0.1, 0.15) is 12.8 Å². The number of carbonyl (C=O) groups is 1. The first kappa shape index (κ1) is 10.4. The third-order valence-electron chi connectivity index (χ3n) is 2.24. The van der Waals surface area contributed by atoms with Gasteiger partial charge in [-0.25, -0.2) is 0 Å². The highest BCUT2D eigenvalue weighted by atomic mass is 16.6. The van der Waals surface area contributed by atoms with Crippen LogP contribution in [-0.4, -0.2) is 43.0 Å². The van der Waals surface area contributed by atoms with E-state index < -0.39 is 12.0 Å². The smallest absolute Gasteiger partial charge is 0.249 e. The Kier molecular flexibility index (Phi) is 3.65. The number of rotatable bonds is 3. The Bertz CT molecular complexity index is 185. The van der Waals surface area contributed by atoms with Crippen molar-refractivity contribution in [3.05, 3.63) is 0 Å². The Morgan fingerprint density at radius 3 is 2.85 bits per heavy atom. The lowest BCUT2D eigenvalue weighted by atomic mass is 10.0. The van der Waals surface area contributed by atoms with Crippen molar-refractivity contribution in [2.75, 3.05) is 13.7 Å². The molecule has 1 fully saturated rings. The molecule has 0 aromatic carbocycles. The molecule has 0 aromatic rings. The first-order chi connectivity index (χ1) is 6.19. The van der Waals surface area contributed by atoms with E-state index in [0.29, 0.717) is 12.8 Å². The van der Waals surface area contributed by atoms with Crippen LogP contribution in [0.4, 0.5) is 0 Å². The van der Waals surface area contributed by atoms with Crippen LogP contribution in [0.5, 0.6) is 0 Å². The molecule has 5 heteroatoms. The van der Waals surface area contributed by atoms with Crippen molar-refractivity contribution < 1.29 is 19.4 Å². The van der Waals surface area contributed by atoms with E-state index in [4.69, 9.17) is 20.3 Å². The number of primary amides is 1. The van der Waals surface area contributed by atoms with Gasteiger partial charge in [0.25, 0.3) is 0 Å². The number of carbonyl (C=O) groups excluding carboxylic acids is 1. The number of methoxy groups -OCH3 is 1. The molecule has 0 radical (unpaired) electrons. The average Bonchev–Trinajstić information content (AvgIpc) is 2.16. The topological polar surface area (TPSA) is 81.8 Å². The SMILES string of the molecule is COC1CCC(CO)OC1C(N)=O. The van der Waals surface area contributed by atoms with E-state index in [-0.39, 0.29) is 18.8 Å². The number of nitrogens with two attached hydrogens (primary N) is 1. The van der Waals surface area contributed by atoms with Crippen molar-refractivity contribution in [3.8, 4) is 0 Å². The van der Waals surface area contributed by atoms with Gasteiger partial charge < -0.3 is 20.3 Å². The van der Waals surface area contributed by atoms with Gasteiger partial charge in [-0.05, 0) is 12.8 Å². The average molecular weight is 189 g/mol. The second-order valence-electron chi connectivity index (χ2n) is 3.12. The molecular formula is C8H15NO4. The van der Waals surface area contributed by atoms with Gasteiger partial charge in [0.1, 0.15) is 0 Å². The minimum absolute atomic E-state index is 0.0831. The van der Waals surface area contributed by atoms with Crippen molar-refractivity contribution in [1.82, 2.24) is 0 Å². The number of ether oxygens (including phenoxy) is 2. The largest absolute Gasteiger partial charge is 0.394 e. The molecule has 0 spiro atoms. The van der Waals surface area contributed by atoms with Gasteiger partial charge in [-0.2, -0.15) is 0 Å². The highest BCUT2D eigenvalue weighted by Crippen LogP contribution is 2.21. The predicted octanol–water partition coefficient (Wildman–Crippen LogP) is -0.973. The van der Waals surface area contributed by atoms with Gasteiger partial charge >= 0.3 is 0 Å². The van der Waals surface area contributed by atoms with E-state index in [9.17, 15) is 4.79 Å². The summed E-state index contributed by atoms with van der Waals surface area (Å²) in [6.45, 7) is -0.0831. The molecule has 13 heavy (non-hydrogen) atoms. The monoisotopic (exact) mass is 189 g/mol. The van der Waals surface area contributed by atoms with Crippen molar-refractivity contribution in [1.29, 1.82) is 0 Å². The Morgan fingerprint density at radius 1 is 1.69 bits per heavy atom. The fraction of sp³-hybridized carbons (Fsp3) is 0.875. The minimum atomic E-state index is -0.726. The summed E-state index contributed by atoms with van der Waals surface area (Å²) in [6.07, 6.45) is 0.0915. The molecular weight excluding hydrogens is 174 g/mol. The number of hydrogen-bond acceptors (Lipinski definition) is 4. The predicted molar refractivity (Wildman–Crippen MR) is 45.0 cm³/mol. The molecule has 3 atom stereocenters. The molecule has 1 heterocycles. The van der Waals surface area contributed by atoms with E-state index >= 15 is 0 Å². The summed E-state index contributed by atoms with van der Waals surface area (Å²) < 4.78 is 10.3. The zero-order valence-electron chi connectivity index (χ0n) is 7.60. The van der Waals surface area contributed by atoms with E-state index in [1.165, 1.54) is 7.11 Å². The van der Waals surface area contributed by atoms with E-state index in [1.54, 1.807) is 0 Å². The number of amides is 1. The van der Waals surface area contributed by atoms with Crippen molar-refractivity contribution in [3.63, 3.8) is 0 Å². The zero-order valence-corrected chi connectivity index (χ0v) is 7.60. The van der Waals surface area contributed by atoms with Crippen LogP contribution in [0.2, 0.25) is 0 Å². The maximum atomic E-state index is 10.9. The summed E-state index contributed by atoms with van der Waals surface area (Å²) in [5, 5.41) is 8.83. The van der Waals surface area contributed by atoms with Gasteiger partial charge in [-0.15, -0.1) is 0 Å². The minimum Gasteiger partial charge on any atom is -0.394 e. The van der Waals surface area contributed by atoms with Gasteiger partial charge in [0.05, 0.1) is 18.8 Å². The summed E-state index contributed by atoms with van der Waals surface area (Å²) in [4.78, 5) is 10.9. The van der Waals surface area contributed by atoms with Crippen LogP contribution in [0.15, 0.2) is 0 Å². The first-order valence-electron chi connectivity index (χ1n) is 4.27. The lowest BCUT2D eigenvalue weighted by molar-refractivity contribution is -0.163. The lowest BCUT2D eigenvalue weighted by Crippen LogP contribution is -2.48. The summed E-state index contributed by atoms with van der Waals surface area (Å²) >= 11 is 0. The maximum absolute atomic E-state index is 10.9. The second kappa shape index (κ2) is 4.55. The highest BCUT2D eigenvalue weighted by Gasteiger charge is 2.34. The van der Waals surface area contributed by atoms with Crippen LogP contribution < -0.4 is 5.73 Å². The summed E-state index contributed by atoms with van der Waals surface area (Å²) in [5.41, 5.74) is 5.12. The first-order valence-corrected chi connectivity index (χ1v) is 4.27. The Balaban J connectivity index is 2.57. The Morgan fingerprint density at radius 2 is 2.38 bits per heavy atom. The second-order valence-corrected chi connectivity index (χ2v) is 3.12. The standard InChI is InChI=1S/C8H15NO4/c1-12-6-3-2-5(4-10)13-7(6)8(9)11/h5-7,10H,2-4H2,1H3,(H2,9,11). The zero-order chi connectivity index (χ0) is 9.84. The number of aliphatic hydroxyl groups is 1. The third-order valence-corrected chi connectivity index (χ3v) is 2.24. The van der Waals surface area contributed by atoms with E-state index in [2.05, 4.69) is 0 Å². The molecule has 0 saturated carbocycles. The Hall–Kier alpha value is -0.650. The number of aliphatic hydroxyl groups excluding tert-OH is 1. The van der Waals surface area contributed by atoms with Crippen molar-refractivity contribution in [2.24, 2.45) is 5.73 Å². The molecule has 5 nitrogen and oxygen atoms in total. The van der Waals surface area contributed by atoms with Crippen molar-refractivity contribution >= 4 is 5.91 Å². The molecule has 76 valence electrons. The van der Waals surface area contributed by atoms with Gasteiger partial charge in [-0.3, -0.25) is 4.79 Å². The molecule has 1 aliphatic rings. The maximum Gasteiger partial charge on any atom is 0.249 e. The van der Waals surface area contributed by atoms with Crippen LogP contribution in [0.3, 0.4) is 0 Å². The van der Waals surface area contributed by atoms with Crippen LogP contribution in [0.25, 0.3) is 0 Å². The van der Waals surface area contributed by atoms with Gasteiger partial charge in [0, 0.05) is 7.11 Å². The van der Waals surface area contributed by atoms with Crippen LogP contribution in [-0.2, 0) is 14.3 Å². The van der Waals surface area contributed by atoms with Crippen molar-refractivity contribution in [2.45, 2.75) is 31.2 Å². The van der Waals surface area contributed by atoms with Gasteiger partial charge in [-0.1, -0.05) is 0 Å². The molecule has 1 aliphatic heterocycles. The molecule has 1 amide bonds. The highest BCUT2D eigenvalue weighted by molar-refractivity contribution is 5.79. The molecule has 1 saturated heterocycles. The summed E-state index contributed by atoms with van der Waals surface area (Å²) in [5.74, 6) is -0.537. The van der Waals surface area contributed by atoms with Crippen LogP contribution in [0, 0.1) is 0 Å². The van der Waals surface area contributed by atoms with E-state index in [1.807, 2.05) is 0 Å². The molecule has 3 N–H and O–H groups in total. The third kappa shape index (κ3) is 2.40. The van der Waals surface area contributed by atoms with Gasteiger partial charge in [0.15, 0.2) is 6.10 Å². The molecule has 3 unspecified atom stereocenters. The quantitative estimate of drug-likeness (QED) is 0.598. The fourth-order valence-corrected chi connectivity index (χ4v) is 1.49. The molecule has 1 rings (SSSR count). The molecule has 0 bridgehead atoms. The number of hydrogen-bond donors (Lipinski definition) is 2. The molecule has 0 aromatic heterocycles. The fourth-order valence-electron chi connectivity index (χ4n) is 1.49.